The normalized spacial score (nSPS) is 10.3. The Balaban J connectivity index is 0. The summed E-state index contributed by atoms with van der Waals surface area (Å²) in [5.41, 5.74) is 3.11. The van der Waals surface area contributed by atoms with E-state index in [0.29, 0.717) is 13.1 Å². The van der Waals surface area contributed by atoms with Crippen molar-refractivity contribution in [2.24, 2.45) is 7.05 Å². The number of carbonyl (C=O) groups excluding carboxylic acids is 6. The molecule has 51 heavy (non-hydrogen) atoms. The van der Waals surface area contributed by atoms with Gasteiger partial charge in [0, 0.05) is 54.3 Å². The Labute approximate surface area is 342 Å². The van der Waals surface area contributed by atoms with E-state index in [4.69, 9.17) is 28.7 Å². The van der Waals surface area contributed by atoms with Crippen molar-refractivity contribution in [2.45, 2.75) is 92.0 Å². The number of benzene rings is 2. The van der Waals surface area contributed by atoms with Gasteiger partial charge < -0.3 is 34.8 Å². The summed E-state index contributed by atoms with van der Waals surface area (Å²) < 4.78 is 12.5. The second kappa shape index (κ2) is 24.6. The minimum absolute atomic E-state index is 0. The topological polar surface area (TPSA) is 189 Å². The number of hydrogen-bond acceptors (Lipinski definition) is 9. The first-order valence-electron chi connectivity index (χ1n) is 15.9. The number of nitrogens with one attached hydrogen (secondary N) is 3. The van der Waals surface area contributed by atoms with E-state index in [9.17, 15) is 14.7 Å². The molecule has 14 heteroatoms. The van der Waals surface area contributed by atoms with Gasteiger partial charge >= 0.3 is 75.9 Å². The van der Waals surface area contributed by atoms with Crippen molar-refractivity contribution < 1.29 is 94.7 Å². The molecular formula is C37H51KN4O9. The van der Waals surface area contributed by atoms with Crippen LogP contribution in [0.15, 0.2) is 60.9 Å². The number of ether oxygens (including phenoxy) is 2. The molecule has 2 aromatic carbocycles. The summed E-state index contributed by atoms with van der Waals surface area (Å²) in [4.78, 5) is 58.8. The maximum atomic E-state index is 11.6. The largest absolute Gasteiger partial charge is 1.00 e. The second-order valence-corrected chi connectivity index (χ2v) is 13.8. The molecule has 2 amide bonds. The number of fused-ring (bicyclic) bond motifs is 2. The molecule has 0 saturated heterocycles. The third-order valence-electron chi connectivity index (χ3n) is 5.78. The fraction of sp³-hybridized carbons (Fsp3) is 0.459. The first-order valence-corrected chi connectivity index (χ1v) is 15.9. The molecule has 0 saturated carbocycles. The number of aryl methyl sites for hydroxylation is 1. The smallest absolute Gasteiger partial charge is 0.850 e. The Hall–Kier alpha value is -3.58. The second-order valence-electron chi connectivity index (χ2n) is 13.8. The number of aromatic nitrogens is 2. The molecule has 3 N–H and O–H groups in total. The molecule has 13 nitrogen and oxygen atoms in total. The predicted octanol–water partition coefficient (Wildman–Crippen LogP) is 2.46. The van der Waals surface area contributed by atoms with E-state index >= 15 is 0 Å². The number of H-pyrrole nitrogens is 1. The molecule has 0 aliphatic heterocycles. The average Bonchev–Trinajstić information content (AvgIpc) is 3.52. The molecule has 0 unspecified atom stereocenters. The van der Waals surface area contributed by atoms with Crippen molar-refractivity contribution in [1.82, 2.24) is 20.2 Å². The molecule has 2 heterocycles. The first-order chi connectivity index (χ1) is 23.1. The third kappa shape index (κ3) is 24.3. The van der Waals surface area contributed by atoms with Gasteiger partial charge in [-0.1, -0.05) is 57.2 Å². The van der Waals surface area contributed by atoms with Crippen LogP contribution in [-0.2, 0) is 48.5 Å². The molecule has 0 aliphatic carbocycles. The molecule has 2 aromatic heterocycles. The molecule has 4 aromatic rings. The molecular weight excluding hydrogens is 684 g/mol. The zero-order valence-corrected chi connectivity index (χ0v) is 34.8. The van der Waals surface area contributed by atoms with E-state index in [2.05, 4.69) is 44.6 Å². The van der Waals surface area contributed by atoms with Crippen molar-refractivity contribution in [3.63, 3.8) is 0 Å². The number of rotatable bonds is 6. The number of hydrogen-bond donors (Lipinski definition) is 3. The van der Waals surface area contributed by atoms with Crippen LogP contribution in [0.2, 0.25) is 0 Å². The van der Waals surface area contributed by atoms with Gasteiger partial charge in [-0.25, -0.2) is 9.59 Å². The Morgan fingerprint density at radius 2 is 1.12 bits per heavy atom. The standard InChI is InChI=1S/C16H22N2O2.C15H20N2O2.C4H9O.2CO2.K/c1-16(2,3)20-15(19)17-10-9-12-11-18(4)14-8-6-5-7-13(12)14;1-15(2,3)19-14(18)16-9-8-11-10-17-13-7-5-4-6-12(11)13;1-4(2,3)5;2*2-1-3;/h5-8,11H,9-10H2,1-4H3,(H,17,19);4-7,10,17H,8-9H2,1-3H3,(H,16,18);1-3H3;;;/q;;-1;;;+1. The molecule has 0 fully saturated rings. The molecule has 0 atom stereocenters. The summed E-state index contributed by atoms with van der Waals surface area (Å²) in [7, 11) is 2.03. The van der Waals surface area contributed by atoms with Crippen LogP contribution in [-0.4, -0.2) is 63.9 Å². The number of aromatic amines is 1. The van der Waals surface area contributed by atoms with Gasteiger partial charge in [0.15, 0.2) is 0 Å². The zero-order valence-electron chi connectivity index (χ0n) is 31.7. The van der Waals surface area contributed by atoms with Crippen LogP contribution in [0.25, 0.3) is 21.8 Å². The van der Waals surface area contributed by atoms with Crippen LogP contribution in [0.3, 0.4) is 0 Å². The quantitative estimate of drug-likeness (QED) is 0.250. The van der Waals surface area contributed by atoms with Crippen molar-refractivity contribution >= 4 is 46.3 Å². The summed E-state index contributed by atoms with van der Waals surface area (Å²) in [6.45, 7) is 17.2. The van der Waals surface area contributed by atoms with Gasteiger partial charge in [-0.3, -0.25) is 0 Å². The van der Waals surface area contributed by atoms with E-state index in [-0.39, 0.29) is 75.9 Å². The van der Waals surface area contributed by atoms with E-state index in [1.807, 2.05) is 85.1 Å². The fourth-order valence-electron chi connectivity index (χ4n) is 4.19. The van der Waals surface area contributed by atoms with E-state index in [1.165, 1.54) is 27.4 Å². The van der Waals surface area contributed by atoms with Crippen molar-refractivity contribution in [3.8, 4) is 0 Å². The molecule has 0 spiro atoms. The van der Waals surface area contributed by atoms with Gasteiger partial charge in [0.2, 0.25) is 0 Å². The van der Waals surface area contributed by atoms with Gasteiger partial charge in [0.05, 0.1) is 0 Å². The molecule has 0 radical (unpaired) electrons. The summed E-state index contributed by atoms with van der Waals surface area (Å²) in [6, 6.07) is 16.4. The number of nitrogens with zero attached hydrogens (tertiary/aromatic N) is 1. The average molecular weight is 735 g/mol. The zero-order chi connectivity index (χ0) is 38.5. The van der Waals surface area contributed by atoms with Crippen molar-refractivity contribution in [2.75, 3.05) is 13.1 Å². The monoisotopic (exact) mass is 734 g/mol. The predicted molar refractivity (Wildman–Crippen MR) is 187 cm³/mol. The fourth-order valence-corrected chi connectivity index (χ4v) is 4.19. The van der Waals surface area contributed by atoms with Crippen LogP contribution in [0.5, 0.6) is 0 Å². The van der Waals surface area contributed by atoms with Crippen LogP contribution < -0.4 is 67.1 Å². The Kier molecular flexibility index (Phi) is 23.9. The van der Waals surface area contributed by atoms with E-state index in [0.717, 1.165) is 18.4 Å². The third-order valence-corrected chi connectivity index (χ3v) is 5.78. The summed E-state index contributed by atoms with van der Waals surface area (Å²) in [5, 5.41) is 18.1. The van der Waals surface area contributed by atoms with Gasteiger partial charge in [0.25, 0.3) is 0 Å². The number of para-hydroxylation sites is 2. The number of amides is 2. The summed E-state index contributed by atoms with van der Waals surface area (Å²) in [6.07, 6.45) is 5.44. The van der Waals surface area contributed by atoms with Gasteiger partial charge in [0.1, 0.15) is 11.2 Å². The minimum atomic E-state index is -0.750. The van der Waals surface area contributed by atoms with Crippen LogP contribution in [0.1, 0.15) is 73.4 Å². The Morgan fingerprint density at radius 1 is 0.725 bits per heavy atom. The molecule has 4 rings (SSSR count). The Morgan fingerprint density at radius 3 is 1.57 bits per heavy atom. The molecule has 0 bridgehead atoms. The van der Waals surface area contributed by atoms with Gasteiger partial charge in [-0.05, 0) is 77.6 Å². The van der Waals surface area contributed by atoms with Crippen LogP contribution in [0.4, 0.5) is 9.59 Å². The molecule has 0 aliphatic rings. The van der Waals surface area contributed by atoms with Gasteiger partial charge in [-0.15, -0.1) is 5.60 Å². The maximum absolute atomic E-state index is 11.6. The van der Waals surface area contributed by atoms with Crippen molar-refractivity contribution in [3.05, 3.63) is 72.1 Å². The first kappa shape index (κ1) is 49.5. The van der Waals surface area contributed by atoms with E-state index in [1.54, 1.807) is 20.8 Å². The van der Waals surface area contributed by atoms with Crippen molar-refractivity contribution in [1.29, 1.82) is 0 Å². The SMILES string of the molecule is CC(C)(C)OC(=O)NCCc1c[nH]c2ccccc12.CC(C)(C)[O-].Cn1cc(CCNC(=O)OC(C)(C)C)c2ccccc21.O=C=O.O=C=O.[K+]. The number of alkyl carbamates (subject to hydrolysis) is 2. The molecule has 274 valence electrons. The maximum Gasteiger partial charge on any atom is 1.00 e. The van der Waals surface area contributed by atoms with Crippen LogP contribution in [0, 0.1) is 0 Å². The summed E-state index contributed by atoms with van der Waals surface area (Å²) in [5.74, 6) is 0. The minimum Gasteiger partial charge on any atom is -0.850 e. The summed E-state index contributed by atoms with van der Waals surface area (Å²) >= 11 is 0. The Bertz CT molecular complexity index is 1660. The van der Waals surface area contributed by atoms with Crippen LogP contribution >= 0.6 is 0 Å². The number of carbonyl (C=O) groups is 2. The van der Waals surface area contributed by atoms with E-state index < -0.39 is 16.8 Å². The van der Waals surface area contributed by atoms with Gasteiger partial charge in [-0.2, -0.15) is 19.2 Å².